The van der Waals surface area contributed by atoms with Crippen molar-refractivity contribution in [1.82, 2.24) is 21.3 Å². The number of hydrogen-bond acceptors (Lipinski definition) is 5. The van der Waals surface area contributed by atoms with Crippen LogP contribution in [0.5, 0.6) is 0 Å². The third kappa shape index (κ3) is 0.874. The zero-order valence-electron chi connectivity index (χ0n) is 5.77. The predicted octanol–water partition coefficient (Wildman–Crippen LogP) is -2.73. The average molecular weight is 155 g/mol. The van der Waals surface area contributed by atoms with E-state index in [4.69, 9.17) is 5.73 Å². The van der Waals surface area contributed by atoms with Crippen LogP contribution in [0, 0.1) is 0 Å². The quantitative estimate of drug-likeness (QED) is 0.262. The molecule has 0 saturated carbocycles. The number of carbonyl (C=O) groups excluding carboxylic acids is 1. The summed E-state index contributed by atoms with van der Waals surface area (Å²) in [6.07, 6.45) is -0.492. The maximum absolute atomic E-state index is 11.1. The predicted molar refractivity (Wildman–Crippen MR) is 37.4 cm³/mol. The van der Waals surface area contributed by atoms with Gasteiger partial charge < -0.3 is 21.3 Å². The molecule has 2 heterocycles. The van der Waals surface area contributed by atoms with Crippen LogP contribution in [0.3, 0.4) is 0 Å². The second kappa shape index (κ2) is 2.03. The molecule has 0 fully saturated rings. The van der Waals surface area contributed by atoms with E-state index in [1.54, 1.807) is 0 Å². The molecule has 6 N–H and O–H groups in total. The third-order valence-corrected chi connectivity index (χ3v) is 1.59. The van der Waals surface area contributed by atoms with Gasteiger partial charge in [-0.3, -0.25) is 10.5 Å². The molecule has 0 saturated heterocycles. The summed E-state index contributed by atoms with van der Waals surface area (Å²) in [6, 6.07) is 0. The van der Waals surface area contributed by atoms with Gasteiger partial charge in [0.05, 0.1) is 6.67 Å². The van der Waals surface area contributed by atoms with Gasteiger partial charge in [0.25, 0.3) is 5.91 Å². The minimum absolute atomic E-state index is 0.170. The maximum Gasteiger partial charge on any atom is 0.273 e. The van der Waals surface area contributed by atoms with E-state index in [1.165, 1.54) is 0 Å². The molecular formula is C5H9N5O. The van der Waals surface area contributed by atoms with Crippen molar-refractivity contribution in [2.24, 2.45) is 5.73 Å². The largest absolute Gasteiger partial charge is 0.360 e. The molecular weight excluding hydrogens is 146 g/mol. The highest BCUT2D eigenvalue weighted by atomic mass is 16.2. The van der Waals surface area contributed by atoms with E-state index in [0.717, 1.165) is 0 Å². The number of amides is 1. The van der Waals surface area contributed by atoms with Crippen LogP contribution in [0.4, 0.5) is 0 Å². The molecule has 60 valence electrons. The standard InChI is InChI=1S/C5H9N5O/c6-5-9-3-2(4(11)10-5)7-1-8-3/h5,7-9H,1,6H2,(H,10,11). The highest BCUT2D eigenvalue weighted by Gasteiger charge is 2.26. The summed E-state index contributed by atoms with van der Waals surface area (Å²) in [5.74, 6) is 0.512. The lowest BCUT2D eigenvalue weighted by molar-refractivity contribution is -0.119. The van der Waals surface area contributed by atoms with Crippen LogP contribution >= 0.6 is 0 Å². The monoisotopic (exact) mass is 155 g/mol. The Morgan fingerprint density at radius 2 is 2.18 bits per heavy atom. The zero-order chi connectivity index (χ0) is 7.84. The highest BCUT2D eigenvalue weighted by Crippen LogP contribution is 2.04. The van der Waals surface area contributed by atoms with E-state index in [2.05, 4.69) is 21.3 Å². The first kappa shape index (κ1) is 6.29. The molecule has 0 aliphatic carbocycles. The van der Waals surface area contributed by atoms with Crippen molar-refractivity contribution in [1.29, 1.82) is 0 Å². The van der Waals surface area contributed by atoms with Gasteiger partial charge in [-0.15, -0.1) is 0 Å². The molecule has 6 heteroatoms. The molecule has 6 nitrogen and oxygen atoms in total. The first-order chi connectivity index (χ1) is 5.27. The lowest BCUT2D eigenvalue weighted by Gasteiger charge is -2.22. The van der Waals surface area contributed by atoms with Gasteiger partial charge in [0, 0.05) is 0 Å². The Morgan fingerprint density at radius 3 is 3.00 bits per heavy atom. The van der Waals surface area contributed by atoms with E-state index in [0.29, 0.717) is 18.2 Å². The van der Waals surface area contributed by atoms with Crippen molar-refractivity contribution in [3.63, 3.8) is 0 Å². The third-order valence-electron chi connectivity index (χ3n) is 1.59. The first-order valence-corrected chi connectivity index (χ1v) is 3.32. The summed E-state index contributed by atoms with van der Waals surface area (Å²) in [4.78, 5) is 11.1. The fourth-order valence-electron chi connectivity index (χ4n) is 1.12. The van der Waals surface area contributed by atoms with Gasteiger partial charge in [-0.2, -0.15) is 0 Å². The molecule has 2 rings (SSSR count). The molecule has 0 radical (unpaired) electrons. The molecule has 1 amide bonds. The Balaban J connectivity index is 2.28. The molecule has 0 aromatic rings. The van der Waals surface area contributed by atoms with Crippen LogP contribution < -0.4 is 27.0 Å². The van der Waals surface area contributed by atoms with Crippen LogP contribution in [0.25, 0.3) is 0 Å². The van der Waals surface area contributed by atoms with E-state index in [-0.39, 0.29) is 5.91 Å². The van der Waals surface area contributed by atoms with Gasteiger partial charge in [-0.25, -0.2) is 0 Å². The summed E-state index contributed by atoms with van der Waals surface area (Å²) in [7, 11) is 0. The molecule has 0 aromatic heterocycles. The number of rotatable bonds is 0. The minimum Gasteiger partial charge on any atom is -0.360 e. The van der Waals surface area contributed by atoms with E-state index in [9.17, 15) is 4.79 Å². The zero-order valence-corrected chi connectivity index (χ0v) is 5.77. The van der Waals surface area contributed by atoms with Gasteiger partial charge in [-0.1, -0.05) is 0 Å². The van der Waals surface area contributed by atoms with Crippen molar-refractivity contribution in [2.45, 2.75) is 6.29 Å². The normalized spacial score (nSPS) is 28.1. The van der Waals surface area contributed by atoms with Crippen LogP contribution in [0.2, 0.25) is 0 Å². The van der Waals surface area contributed by atoms with Gasteiger partial charge in [0.15, 0.2) is 6.29 Å². The Bertz CT molecular complexity index is 235. The van der Waals surface area contributed by atoms with Gasteiger partial charge in [-0.05, 0) is 0 Å². The van der Waals surface area contributed by atoms with Crippen molar-refractivity contribution >= 4 is 5.91 Å². The Labute approximate surface area is 63.2 Å². The lowest BCUT2D eigenvalue weighted by Crippen LogP contribution is -2.57. The minimum atomic E-state index is -0.492. The lowest BCUT2D eigenvalue weighted by atomic mass is 10.3. The Hall–Kier alpha value is -1.43. The molecule has 0 aromatic carbocycles. The van der Waals surface area contributed by atoms with E-state index < -0.39 is 6.29 Å². The molecule has 2 aliphatic heterocycles. The molecule has 1 unspecified atom stereocenters. The molecule has 1 atom stereocenters. The molecule has 0 spiro atoms. The Kier molecular flexibility index (Phi) is 1.16. The van der Waals surface area contributed by atoms with E-state index in [1.807, 2.05) is 0 Å². The average Bonchev–Trinajstić information content (AvgIpc) is 2.34. The second-order valence-electron chi connectivity index (χ2n) is 2.38. The van der Waals surface area contributed by atoms with Crippen LogP contribution in [0.1, 0.15) is 0 Å². The van der Waals surface area contributed by atoms with E-state index >= 15 is 0 Å². The summed E-state index contributed by atoms with van der Waals surface area (Å²) in [6.45, 7) is 0.567. The summed E-state index contributed by atoms with van der Waals surface area (Å²) >= 11 is 0. The summed E-state index contributed by atoms with van der Waals surface area (Å²) < 4.78 is 0. The van der Waals surface area contributed by atoms with Gasteiger partial charge >= 0.3 is 0 Å². The number of hydrogen-bond donors (Lipinski definition) is 5. The topological polar surface area (TPSA) is 91.2 Å². The fourth-order valence-corrected chi connectivity index (χ4v) is 1.12. The number of carbonyl (C=O) groups is 1. The maximum atomic E-state index is 11.1. The second-order valence-corrected chi connectivity index (χ2v) is 2.38. The fraction of sp³-hybridized carbons (Fsp3) is 0.400. The smallest absolute Gasteiger partial charge is 0.273 e. The first-order valence-electron chi connectivity index (χ1n) is 3.32. The summed E-state index contributed by atoms with van der Waals surface area (Å²) in [5, 5.41) is 11.2. The van der Waals surface area contributed by atoms with Crippen molar-refractivity contribution < 1.29 is 4.79 Å². The molecule has 2 aliphatic rings. The highest BCUT2D eigenvalue weighted by molar-refractivity contribution is 5.94. The van der Waals surface area contributed by atoms with Crippen LogP contribution in [-0.4, -0.2) is 18.9 Å². The number of nitrogens with one attached hydrogen (secondary N) is 4. The van der Waals surface area contributed by atoms with Crippen LogP contribution in [0.15, 0.2) is 11.5 Å². The van der Waals surface area contributed by atoms with Crippen LogP contribution in [-0.2, 0) is 4.79 Å². The molecule has 11 heavy (non-hydrogen) atoms. The SMILES string of the molecule is NC1NC(=O)C2=C(NCN2)N1. The van der Waals surface area contributed by atoms with Crippen molar-refractivity contribution in [2.75, 3.05) is 6.67 Å². The van der Waals surface area contributed by atoms with Gasteiger partial charge in [0.2, 0.25) is 0 Å². The van der Waals surface area contributed by atoms with Crippen molar-refractivity contribution in [3.05, 3.63) is 11.5 Å². The molecule has 0 bridgehead atoms. The van der Waals surface area contributed by atoms with Gasteiger partial charge in [0.1, 0.15) is 11.5 Å². The number of nitrogens with two attached hydrogens (primary N) is 1. The Morgan fingerprint density at radius 1 is 1.36 bits per heavy atom. The summed E-state index contributed by atoms with van der Waals surface area (Å²) in [5.41, 5.74) is 5.97. The van der Waals surface area contributed by atoms with Crippen molar-refractivity contribution in [3.8, 4) is 0 Å².